The molecule has 0 aromatic heterocycles. The molecule has 0 atom stereocenters. The second kappa shape index (κ2) is 6.35. The Morgan fingerprint density at radius 3 is 2.32 bits per heavy atom. The summed E-state index contributed by atoms with van der Waals surface area (Å²) >= 11 is 0. The minimum Gasteiger partial charge on any atom is -0.348 e. The molecule has 2 amide bonds. The Kier molecular flexibility index (Phi) is 4.29. The van der Waals surface area contributed by atoms with Crippen molar-refractivity contribution in [3.05, 3.63) is 65.7 Å². The molecule has 0 radical (unpaired) electrons. The van der Waals surface area contributed by atoms with E-state index in [4.69, 9.17) is 0 Å². The van der Waals surface area contributed by atoms with Crippen LogP contribution in [0.5, 0.6) is 0 Å². The number of carbonyl (C=O) groups is 2. The minimum atomic E-state index is -0.137. The summed E-state index contributed by atoms with van der Waals surface area (Å²) in [5.41, 5.74) is 2.28. The van der Waals surface area contributed by atoms with E-state index in [0.717, 1.165) is 5.56 Å². The monoisotopic (exact) mass is 254 g/mol. The predicted octanol–water partition coefficient (Wildman–Crippen LogP) is 2.18. The van der Waals surface area contributed by atoms with Gasteiger partial charge in [-0.05, 0) is 29.8 Å². The van der Waals surface area contributed by atoms with E-state index in [0.29, 0.717) is 24.2 Å². The highest BCUT2D eigenvalue weighted by molar-refractivity contribution is 5.94. The van der Waals surface area contributed by atoms with Crippen LogP contribution in [0.4, 0.5) is 5.69 Å². The average Bonchev–Trinajstić information content (AvgIpc) is 2.47. The zero-order valence-corrected chi connectivity index (χ0v) is 10.3. The van der Waals surface area contributed by atoms with Crippen molar-refractivity contribution in [1.82, 2.24) is 5.32 Å². The average molecular weight is 254 g/mol. The van der Waals surface area contributed by atoms with Gasteiger partial charge in [0.15, 0.2) is 0 Å². The number of hydrogen-bond donors (Lipinski definition) is 2. The van der Waals surface area contributed by atoms with Crippen molar-refractivity contribution < 1.29 is 9.59 Å². The van der Waals surface area contributed by atoms with E-state index >= 15 is 0 Å². The topological polar surface area (TPSA) is 58.2 Å². The van der Waals surface area contributed by atoms with Crippen LogP contribution < -0.4 is 10.6 Å². The van der Waals surface area contributed by atoms with E-state index in [-0.39, 0.29) is 5.91 Å². The van der Waals surface area contributed by atoms with E-state index < -0.39 is 0 Å². The molecule has 0 heterocycles. The largest absolute Gasteiger partial charge is 0.348 e. The van der Waals surface area contributed by atoms with Crippen molar-refractivity contribution in [1.29, 1.82) is 0 Å². The van der Waals surface area contributed by atoms with Crippen LogP contribution in [-0.4, -0.2) is 12.3 Å². The highest BCUT2D eigenvalue weighted by atomic mass is 16.1. The molecule has 19 heavy (non-hydrogen) atoms. The van der Waals surface area contributed by atoms with Gasteiger partial charge in [-0.2, -0.15) is 0 Å². The van der Waals surface area contributed by atoms with Gasteiger partial charge in [0.2, 0.25) is 6.41 Å². The Balaban J connectivity index is 1.94. The van der Waals surface area contributed by atoms with Crippen molar-refractivity contribution in [3.8, 4) is 0 Å². The van der Waals surface area contributed by atoms with Gasteiger partial charge in [-0.3, -0.25) is 9.59 Å². The first-order chi connectivity index (χ1) is 9.29. The van der Waals surface area contributed by atoms with Gasteiger partial charge in [-0.25, -0.2) is 0 Å². The zero-order chi connectivity index (χ0) is 13.5. The Morgan fingerprint density at radius 1 is 1.00 bits per heavy atom. The summed E-state index contributed by atoms with van der Waals surface area (Å²) in [5, 5.41) is 5.36. The molecule has 2 aromatic carbocycles. The first kappa shape index (κ1) is 12.8. The lowest BCUT2D eigenvalue weighted by Crippen LogP contribution is -2.22. The first-order valence-corrected chi connectivity index (χ1v) is 5.92. The summed E-state index contributed by atoms with van der Waals surface area (Å²) in [5.74, 6) is -0.137. The zero-order valence-electron chi connectivity index (χ0n) is 10.3. The molecule has 0 saturated heterocycles. The van der Waals surface area contributed by atoms with Gasteiger partial charge in [0, 0.05) is 17.8 Å². The van der Waals surface area contributed by atoms with E-state index in [1.165, 1.54) is 0 Å². The SMILES string of the molecule is O=CNc1ccc(C(=O)NCc2ccccc2)cc1. The van der Waals surface area contributed by atoms with Gasteiger partial charge in [-0.1, -0.05) is 30.3 Å². The lowest BCUT2D eigenvalue weighted by molar-refractivity contribution is -0.105. The van der Waals surface area contributed by atoms with E-state index in [9.17, 15) is 9.59 Å². The van der Waals surface area contributed by atoms with Gasteiger partial charge in [0.1, 0.15) is 0 Å². The molecule has 0 fully saturated rings. The molecule has 0 aliphatic rings. The van der Waals surface area contributed by atoms with Crippen LogP contribution in [0.25, 0.3) is 0 Å². The fraction of sp³-hybridized carbons (Fsp3) is 0.0667. The first-order valence-electron chi connectivity index (χ1n) is 5.92. The van der Waals surface area contributed by atoms with Crippen LogP contribution in [0, 0.1) is 0 Å². The van der Waals surface area contributed by atoms with Gasteiger partial charge >= 0.3 is 0 Å². The van der Waals surface area contributed by atoms with Gasteiger partial charge < -0.3 is 10.6 Å². The highest BCUT2D eigenvalue weighted by Crippen LogP contribution is 2.08. The number of hydrogen-bond acceptors (Lipinski definition) is 2. The Labute approximate surface area is 111 Å². The Morgan fingerprint density at radius 2 is 1.68 bits per heavy atom. The third-order valence-corrected chi connectivity index (χ3v) is 2.67. The molecule has 4 heteroatoms. The second-order valence-electron chi connectivity index (χ2n) is 4.01. The van der Waals surface area contributed by atoms with E-state index in [1.807, 2.05) is 30.3 Å². The fourth-order valence-corrected chi connectivity index (χ4v) is 1.67. The summed E-state index contributed by atoms with van der Waals surface area (Å²) < 4.78 is 0. The smallest absolute Gasteiger partial charge is 0.251 e. The quantitative estimate of drug-likeness (QED) is 0.803. The molecule has 2 aromatic rings. The number of rotatable bonds is 5. The van der Waals surface area contributed by atoms with Crippen molar-refractivity contribution >= 4 is 18.0 Å². The van der Waals surface area contributed by atoms with Crippen LogP contribution in [0.15, 0.2) is 54.6 Å². The van der Waals surface area contributed by atoms with Crippen molar-refractivity contribution in [2.75, 3.05) is 5.32 Å². The number of nitrogens with one attached hydrogen (secondary N) is 2. The molecule has 0 aliphatic carbocycles. The van der Waals surface area contributed by atoms with Crippen molar-refractivity contribution in [2.45, 2.75) is 6.54 Å². The maximum Gasteiger partial charge on any atom is 0.251 e. The Hall–Kier alpha value is -2.62. The lowest BCUT2D eigenvalue weighted by atomic mass is 10.2. The molecule has 0 bridgehead atoms. The summed E-state index contributed by atoms with van der Waals surface area (Å²) in [6.07, 6.45) is 0.602. The molecule has 4 nitrogen and oxygen atoms in total. The second-order valence-corrected chi connectivity index (χ2v) is 4.01. The Bertz CT molecular complexity index is 550. The van der Waals surface area contributed by atoms with Crippen LogP contribution in [0.2, 0.25) is 0 Å². The lowest BCUT2D eigenvalue weighted by Gasteiger charge is -2.06. The highest BCUT2D eigenvalue weighted by Gasteiger charge is 2.04. The molecule has 2 N–H and O–H groups in total. The van der Waals surface area contributed by atoms with Gasteiger partial charge in [-0.15, -0.1) is 0 Å². The molecular formula is C15H14N2O2. The number of benzene rings is 2. The van der Waals surface area contributed by atoms with Gasteiger partial charge in [0.25, 0.3) is 5.91 Å². The van der Waals surface area contributed by atoms with Crippen molar-refractivity contribution in [2.24, 2.45) is 0 Å². The molecule has 0 saturated carbocycles. The van der Waals surface area contributed by atoms with E-state index in [1.54, 1.807) is 24.3 Å². The van der Waals surface area contributed by atoms with E-state index in [2.05, 4.69) is 10.6 Å². The van der Waals surface area contributed by atoms with Crippen LogP contribution in [0.3, 0.4) is 0 Å². The molecular weight excluding hydrogens is 240 g/mol. The molecule has 0 spiro atoms. The van der Waals surface area contributed by atoms with Crippen LogP contribution >= 0.6 is 0 Å². The standard InChI is InChI=1S/C15H14N2O2/c18-11-17-14-8-6-13(7-9-14)15(19)16-10-12-4-2-1-3-5-12/h1-9,11H,10H2,(H,16,19)(H,17,18). The summed E-state index contributed by atoms with van der Waals surface area (Å²) in [4.78, 5) is 22.1. The third-order valence-electron chi connectivity index (χ3n) is 2.67. The minimum absolute atomic E-state index is 0.137. The van der Waals surface area contributed by atoms with Gasteiger partial charge in [0.05, 0.1) is 0 Å². The summed E-state index contributed by atoms with van der Waals surface area (Å²) in [7, 11) is 0. The maximum atomic E-state index is 11.9. The number of carbonyl (C=O) groups excluding carboxylic acids is 2. The van der Waals surface area contributed by atoms with Crippen LogP contribution in [-0.2, 0) is 11.3 Å². The third kappa shape index (κ3) is 3.67. The molecule has 0 aliphatic heterocycles. The number of anilines is 1. The summed E-state index contributed by atoms with van der Waals surface area (Å²) in [6.45, 7) is 0.494. The maximum absolute atomic E-state index is 11.9. The fourth-order valence-electron chi connectivity index (χ4n) is 1.67. The summed E-state index contributed by atoms with van der Waals surface area (Å²) in [6, 6.07) is 16.4. The molecule has 0 unspecified atom stereocenters. The van der Waals surface area contributed by atoms with Crippen molar-refractivity contribution in [3.63, 3.8) is 0 Å². The molecule has 2 rings (SSSR count). The molecule has 96 valence electrons. The van der Waals surface area contributed by atoms with Crippen LogP contribution in [0.1, 0.15) is 15.9 Å². The normalized spacial score (nSPS) is 9.68. The number of amides is 2. The predicted molar refractivity (Wildman–Crippen MR) is 73.7 cm³/mol.